The van der Waals surface area contributed by atoms with E-state index < -0.39 is 5.97 Å². The summed E-state index contributed by atoms with van der Waals surface area (Å²) in [5.41, 5.74) is 8.82. The van der Waals surface area contributed by atoms with E-state index in [1.165, 1.54) is 11.3 Å². The second kappa shape index (κ2) is 4.64. The molecule has 0 aliphatic carbocycles. The molecule has 0 spiro atoms. The van der Waals surface area contributed by atoms with E-state index >= 15 is 0 Å². The highest BCUT2D eigenvalue weighted by molar-refractivity contribution is 7.09. The van der Waals surface area contributed by atoms with Crippen LogP contribution in [0.5, 0.6) is 0 Å². The van der Waals surface area contributed by atoms with E-state index in [2.05, 4.69) is 9.77 Å². The first-order valence-corrected chi connectivity index (χ1v) is 4.88. The van der Waals surface area contributed by atoms with Gasteiger partial charge in [-0.25, -0.2) is 9.78 Å². The summed E-state index contributed by atoms with van der Waals surface area (Å²) >= 11 is 1.37. The molecule has 1 rings (SSSR count). The molecular weight excluding hydrogens is 202 g/mol. The van der Waals surface area contributed by atoms with Crippen molar-refractivity contribution in [3.05, 3.63) is 21.6 Å². The lowest BCUT2D eigenvalue weighted by atomic mass is 10.3. The van der Waals surface area contributed by atoms with Crippen molar-refractivity contribution in [1.29, 1.82) is 0 Å². The third-order valence-electron chi connectivity index (χ3n) is 1.43. The Morgan fingerprint density at radius 3 is 2.93 bits per heavy atom. The Balaban J connectivity index is 2.94. The molecule has 14 heavy (non-hydrogen) atoms. The number of ether oxygens (including phenoxy) is 1. The van der Waals surface area contributed by atoms with Crippen LogP contribution in [-0.2, 0) is 9.53 Å². The number of carbonyl (C=O) groups is 1. The van der Waals surface area contributed by atoms with Crippen molar-refractivity contribution >= 4 is 23.0 Å². The summed E-state index contributed by atoms with van der Waals surface area (Å²) < 4.78 is 4.69. The first-order valence-electron chi connectivity index (χ1n) is 4.00. The molecule has 0 atom stereocenters. The van der Waals surface area contributed by atoms with E-state index in [0.717, 1.165) is 5.01 Å². The molecule has 0 saturated heterocycles. The van der Waals surface area contributed by atoms with Gasteiger partial charge in [-0.3, -0.25) is 0 Å². The Morgan fingerprint density at radius 1 is 1.79 bits per heavy atom. The average Bonchev–Trinajstić information content (AvgIpc) is 2.54. The topological polar surface area (TPSA) is 75.6 Å². The predicted octanol–water partition coefficient (Wildman–Crippen LogP) is 1.03. The van der Waals surface area contributed by atoms with Crippen LogP contribution in [0.1, 0.15) is 17.6 Å². The van der Waals surface area contributed by atoms with Gasteiger partial charge < -0.3 is 10.3 Å². The van der Waals surface area contributed by atoms with Gasteiger partial charge in [-0.15, -0.1) is 11.3 Å². The molecule has 1 heterocycles. The number of hydrogen-bond acceptors (Lipinski definition) is 4. The highest BCUT2D eigenvalue weighted by Crippen LogP contribution is 2.08. The quantitative estimate of drug-likeness (QED) is 0.324. The summed E-state index contributed by atoms with van der Waals surface area (Å²) in [7, 11) is 0. The largest absolute Gasteiger partial charge is 0.457 e. The molecule has 1 aromatic rings. The third kappa shape index (κ3) is 2.25. The summed E-state index contributed by atoms with van der Waals surface area (Å²) in [4.78, 5) is 18.1. The Labute approximate surface area is 85.0 Å². The van der Waals surface area contributed by atoms with Crippen LogP contribution in [0.15, 0.2) is 5.38 Å². The van der Waals surface area contributed by atoms with Gasteiger partial charge in [0.1, 0.15) is 0 Å². The van der Waals surface area contributed by atoms with Gasteiger partial charge in [0.05, 0.1) is 11.6 Å². The van der Waals surface area contributed by atoms with Gasteiger partial charge in [0.2, 0.25) is 0 Å². The maximum atomic E-state index is 11.2. The van der Waals surface area contributed by atoms with Crippen LogP contribution in [-0.4, -0.2) is 28.1 Å². The van der Waals surface area contributed by atoms with Crippen molar-refractivity contribution in [2.75, 3.05) is 6.61 Å². The van der Waals surface area contributed by atoms with Gasteiger partial charge in [0.15, 0.2) is 5.69 Å². The molecule has 5 nitrogen and oxygen atoms in total. The van der Waals surface area contributed by atoms with Crippen LogP contribution >= 0.6 is 11.3 Å². The van der Waals surface area contributed by atoms with Crippen LogP contribution < -0.4 is 0 Å². The molecule has 0 radical (unpaired) electrons. The van der Waals surface area contributed by atoms with E-state index in [-0.39, 0.29) is 12.3 Å². The predicted molar refractivity (Wildman–Crippen MR) is 51.2 cm³/mol. The fourth-order valence-electron chi connectivity index (χ4n) is 0.868. The van der Waals surface area contributed by atoms with Gasteiger partial charge in [-0.2, -0.15) is 4.79 Å². The number of esters is 1. The smallest absolute Gasteiger partial charge is 0.425 e. The Bertz CT molecular complexity index is 393. The lowest BCUT2D eigenvalue weighted by Gasteiger charge is -1.93. The molecule has 0 unspecified atom stereocenters. The van der Waals surface area contributed by atoms with E-state index in [9.17, 15) is 4.79 Å². The zero-order valence-corrected chi connectivity index (χ0v) is 8.67. The van der Waals surface area contributed by atoms with Crippen LogP contribution in [0.3, 0.4) is 0 Å². The molecule has 0 aromatic carbocycles. The summed E-state index contributed by atoms with van der Waals surface area (Å²) in [6.45, 7) is 3.72. The van der Waals surface area contributed by atoms with Crippen molar-refractivity contribution in [3.63, 3.8) is 0 Å². The normalized spacial score (nSPS) is 9.29. The number of thiazole rings is 1. The second-order valence-corrected chi connectivity index (χ2v) is 3.48. The van der Waals surface area contributed by atoms with Crippen LogP contribution in [0, 0.1) is 6.92 Å². The van der Waals surface area contributed by atoms with Crippen LogP contribution in [0.4, 0.5) is 0 Å². The summed E-state index contributed by atoms with van der Waals surface area (Å²) in [6.07, 6.45) is 0. The number of aromatic nitrogens is 1. The molecule has 1 aromatic heterocycles. The molecule has 0 fully saturated rings. The Morgan fingerprint density at radius 2 is 2.50 bits per heavy atom. The maximum absolute atomic E-state index is 11.2. The van der Waals surface area contributed by atoms with Gasteiger partial charge in [-0.1, -0.05) is 0 Å². The maximum Gasteiger partial charge on any atom is 0.425 e. The molecule has 0 bridgehead atoms. The first kappa shape index (κ1) is 10.6. The highest BCUT2D eigenvalue weighted by Gasteiger charge is 2.26. The first-order chi connectivity index (χ1) is 6.69. The zero-order chi connectivity index (χ0) is 10.6. The monoisotopic (exact) mass is 211 g/mol. The lowest BCUT2D eigenvalue weighted by Crippen LogP contribution is -2.20. The Hall–Kier alpha value is -1.52. The summed E-state index contributed by atoms with van der Waals surface area (Å²) in [6, 6.07) is 0. The average molecular weight is 211 g/mol. The van der Waals surface area contributed by atoms with Gasteiger partial charge in [0.25, 0.3) is 0 Å². The van der Waals surface area contributed by atoms with Crippen molar-refractivity contribution in [2.24, 2.45) is 0 Å². The Kier molecular flexibility index (Phi) is 3.50. The number of hydrogen-bond donors (Lipinski definition) is 0. The van der Waals surface area contributed by atoms with E-state index in [1.54, 1.807) is 19.2 Å². The molecule has 0 amide bonds. The fraction of sp³-hybridized carbons (Fsp3) is 0.375. The number of carbonyl (C=O) groups excluding carboxylic acids is 1. The third-order valence-corrected chi connectivity index (χ3v) is 2.20. The number of nitrogens with zero attached hydrogens (tertiary/aromatic N) is 3. The standard InChI is InChI=1S/C8H9N3O2S/c1-3-13-8(12)7(11-9)6-4-14-5(2)10-6/h4H,3H2,1-2H3. The highest BCUT2D eigenvalue weighted by atomic mass is 32.1. The van der Waals surface area contributed by atoms with Crippen molar-refractivity contribution in [2.45, 2.75) is 13.8 Å². The SMILES string of the molecule is CCOC(=O)C(=[N+]=[N-])c1csc(C)n1. The second-order valence-electron chi connectivity index (χ2n) is 2.42. The summed E-state index contributed by atoms with van der Waals surface area (Å²) in [5.74, 6) is -0.666. The summed E-state index contributed by atoms with van der Waals surface area (Å²) in [5, 5.41) is 2.44. The van der Waals surface area contributed by atoms with Crippen molar-refractivity contribution < 1.29 is 14.3 Å². The molecule has 6 heteroatoms. The lowest BCUT2D eigenvalue weighted by molar-refractivity contribution is -0.139. The zero-order valence-electron chi connectivity index (χ0n) is 7.85. The minimum atomic E-state index is -0.666. The molecule has 0 aliphatic heterocycles. The van der Waals surface area contributed by atoms with E-state index in [0.29, 0.717) is 5.69 Å². The van der Waals surface area contributed by atoms with Crippen molar-refractivity contribution in [1.82, 2.24) is 4.98 Å². The minimum Gasteiger partial charge on any atom is -0.457 e. The molecule has 0 aliphatic rings. The molecule has 0 N–H and O–H groups in total. The molecule has 74 valence electrons. The van der Waals surface area contributed by atoms with Gasteiger partial charge in [0, 0.05) is 5.38 Å². The number of aryl methyl sites for hydroxylation is 1. The van der Waals surface area contributed by atoms with Crippen LogP contribution in [0.2, 0.25) is 0 Å². The van der Waals surface area contributed by atoms with E-state index in [1.807, 2.05) is 0 Å². The van der Waals surface area contributed by atoms with Crippen LogP contribution in [0.25, 0.3) is 5.53 Å². The van der Waals surface area contributed by atoms with Crippen molar-refractivity contribution in [3.8, 4) is 0 Å². The molecule has 0 saturated carbocycles. The van der Waals surface area contributed by atoms with Gasteiger partial charge >= 0.3 is 11.7 Å². The molecular formula is C8H9N3O2S. The number of rotatable bonds is 3. The fourth-order valence-corrected chi connectivity index (χ4v) is 1.47. The minimum absolute atomic E-state index is 0.156. The van der Waals surface area contributed by atoms with E-state index in [4.69, 9.17) is 10.3 Å². The van der Waals surface area contributed by atoms with Gasteiger partial charge in [-0.05, 0) is 13.8 Å².